The van der Waals surface area contributed by atoms with Crippen LogP contribution in [0.4, 0.5) is 0 Å². The minimum Gasteiger partial charge on any atom is -0.496 e. The van der Waals surface area contributed by atoms with Gasteiger partial charge in [0.25, 0.3) is 0 Å². The van der Waals surface area contributed by atoms with Crippen LogP contribution in [0.3, 0.4) is 0 Å². The van der Waals surface area contributed by atoms with Gasteiger partial charge in [0.05, 0.1) is 13.2 Å². The molecule has 1 aromatic carbocycles. The van der Waals surface area contributed by atoms with Crippen molar-refractivity contribution in [1.29, 1.82) is 0 Å². The van der Waals surface area contributed by atoms with E-state index in [-0.39, 0.29) is 6.10 Å². The summed E-state index contributed by atoms with van der Waals surface area (Å²) in [5.41, 5.74) is 3.58. The molecule has 0 heterocycles. The van der Waals surface area contributed by atoms with Crippen molar-refractivity contribution < 1.29 is 9.84 Å². The average Bonchev–Trinajstić information content (AvgIpc) is 2.20. The van der Waals surface area contributed by atoms with Crippen molar-refractivity contribution in [3.63, 3.8) is 0 Å². The summed E-state index contributed by atoms with van der Waals surface area (Å²) >= 11 is 0. The molecule has 2 N–H and O–H groups in total. The zero-order valence-corrected chi connectivity index (χ0v) is 10.5. The van der Waals surface area contributed by atoms with E-state index in [0.717, 1.165) is 17.9 Å². The minimum absolute atomic E-state index is 0.322. The molecular weight excluding hydrogens is 202 g/mol. The van der Waals surface area contributed by atoms with Crippen LogP contribution in [0.5, 0.6) is 5.75 Å². The summed E-state index contributed by atoms with van der Waals surface area (Å²) in [6.45, 7) is 7.22. The first kappa shape index (κ1) is 13.0. The molecule has 0 aliphatic rings. The summed E-state index contributed by atoms with van der Waals surface area (Å²) in [6, 6.07) is 4.17. The maximum Gasteiger partial charge on any atom is 0.123 e. The molecule has 3 heteroatoms. The second kappa shape index (κ2) is 5.87. The second-order valence-electron chi connectivity index (χ2n) is 4.24. The summed E-state index contributed by atoms with van der Waals surface area (Å²) in [5, 5.41) is 12.4. The van der Waals surface area contributed by atoms with Crippen LogP contribution in [0.25, 0.3) is 0 Å². The highest BCUT2D eigenvalue weighted by molar-refractivity contribution is 5.42. The summed E-state index contributed by atoms with van der Waals surface area (Å²) in [7, 11) is 1.69. The normalized spacial score (nSPS) is 12.6. The van der Waals surface area contributed by atoms with Gasteiger partial charge in [-0.25, -0.2) is 0 Å². The highest BCUT2D eigenvalue weighted by Crippen LogP contribution is 2.23. The third-order valence-electron chi connectivity index (χ3n) is 2.54. The Morgan fingerprint density at radius 3 is 2.62 bits per heavy atom. The SMILES string of the molecule is COc1cc(C)cc(C)c1CNCC(C)O. The molecule has 1 unspecified atom stereocenters. The Hall–Kier alpha value is -1.06. The molecule has 0 radical (unpaired) electrons. The van der Waals surface area contributed by atoms with E-state index < -0.39 is 0 Å². The first-order chi connectivity index (χ1) is 7.54. The van der Waals surface area contributed by atoms with Crippen LogP contribution in [0.15, 0.2) is 12.1 Å². The van der Waals surface area contributed by atoms with E-state index >= 15 is 0 Å². The fourth-order valence-electron chi connectivity index (χ4n) is 1.77. The fraction of sp³-hybridized carbons (Fsp3) is 0.538. The molecule has 1 aromatic rings. The third-order valence-corrected chi connectivity index (χ3v) is 2.54. The van der Waals surface area contributed by atoms with Gasteiger partial charge in [-0.15, -0.1) is 0 Å². The smallest absolute Gasteiger partial charge is 0.123 e. The zero-order chi connectivity index (χ0) is 12.1. The third kappa shape index (κ3) is 3.51. The van der Waals surface area contributed by atoms with Crippen LogP contribution < -0.4 is 10.1 Å². The zero-order valence-electron chi connectivity index (χ0n) is 10.5. The van der Waals surface area contributed by atoms with E-state index in [1.54, 1.807) is 14.0 Å². The highest BCUT2D eigenvalue weighted by Gasteiger charge is 2.07. The van der Waals surface area contributed by atoms with Crippen molar-refractivity contribution in [3.05, 3.63) is 28.8 Å². The number of hydrogen-bond acceptors (Lipinski definition) is 3. The number of aliphatic hydroxyl groups is 1. The Balaban J connectivity index is 2.77. The molecule has 90 valence electrons. The first-order valence-corrected chi connectivity index (χ1v) is 5.57. The second-order valence-corrected chi connectivity index (χ2v) is 4.24. The number of methoxy groups -OCH3 is 1. The van der Waals surface area contributed by atoms with Gasteiger partial charge >= 0.3 is 0 Å². The van der Waals surface area contributed by atoms with E-state index in [1.165, 1.54) is 11.1 Å². The van der Waals surface area contributed by atoms with Gasteiger partial charge in [-0.2, -0.15) is 0 Å². The van der Waals surface area contributed by atoms with Gasteiger partial charge in [0.1, 0.15) is 5.75 Å². The van der Waals surface area contributed by atoms with Gasteiger partial charge in [-0.05, 0) is 38.0 Å². The largest absolute Gasteiger partial charge is 0.496 e. The molecule has 0 spiro atoms. The predicted octanol–water partition coefficient (Wildman–Crippen LogP) is 1.78. The van der Waals surface area contributed by atoms with Gasteiger partial charge in [-0.3, -0.25) is 0 Å². The number of nitrogens with one attached hydrogen (secondary N) is 1. The van der Waals surface area contributed by atoms with E-state index in [0.29, 0.717) is 6.54 Å². The Morgan fingerprint density at radius 2 is 2.06 bits per heavy atom. The lowest BCUT2D eigenvalue weighted by molar-refractivity contribution is 0.191. The van der Waals surface area contributed by atoms with Gasteiger partial charge in [0.15, 0.2) is 0 Å². The first-order valence-electron chi connectivity index (χ1n) is 5.57. The van der Waals surface area contributed by atoms with Crippen LogP contribution in [0.1, 0.15) is 23.6 Å². The van der Waals surface area contributed by atoms with Crippen LogP contribution in [-0.2, 0) is 6.54 Å². The summed E-state index contributed by atoms with van der Waals surface area (Å²) in [5.74, 6) is 0.913. The summed E-state index contributed by atoms with van der Waals surface area (Å²) in [6.07, 6.45) is -0.322. The maximum atomic E-state index is 9.18. The minimum atomic E-state index is -0.322. The molecule has 0 saturated heterocycles. The van der Waals surface area contributed by atoms with E-state index in [2.05, 4.69) is 25.2 Å². The Kier molecular flexibility index (Phi) is 4.77. The van der Waals surface area contributed by atoms with Crippen molar-refractivity contribution >= 4 is 0 Å². The standard InChI is InChI=1S/C13H21NO2/c1-9-5-10(2)12(13(6-9)16-4)8-14-7-11(3)15/h5-6,11,14-15H,7-8H2,1-4H3. The van der Waals surface area contributed by atoms with Crippen molar-refractivity contribution in [1.82, 2.24) is 5.32 Å². The van der Waals surface area contributed by atoms with Gasteiger partial charge in [-0.1, -0.05) is 6.07 Å². The number of ether oxygens (including phenoxy) is 1. The van der Waals surface area contributed by atoms with Crippen molar-refractivity contribution in [3.8, 4) is 5.75 Å². The van der Waals surface area contributed by atoms with Crippen molar-refractivity contribution in [2.45, 2.75) is 33.4 Å². The van der Waals surface area contributed by atoms with Gasteiger partial charge in [0, 0.05) is 18.7 Å². The molecule has 0 aliphatic carbocycles. The molecule has 1 rings (SSSR count). The van der Waals surface area contributed by atoms with Crippen molar-refractivity contribution in [2.75, 3.05) is 13.7 Å². The Morgan fingerprint density at radius 1 is 1.38 bits per heavy atom. The maximum absolute atomic E-state index is 9.18. The molecule has 0 aromatic heterocycles. The lowest BCUT2D eigenvalue weighted by atomic mass is 10.0. The number of aryl methyl sites for hydroxylation is 2. The summed E-state index contributed by atoms with van der Waals surface area (Å²) in [4.78, 5) is 0. The average molecular weight is 223 g/mol. The lowest BCUT2D eigenvalue weighted by Gasteiger charge is -2.14. The van der Waals surface area contributed by atoms with E-state index in [1.807, 2.05) is 6.07 Å². The quantitative estimate of drug-likeness (QED) is 0.799. The molecular formula is C13H21NO2. The van der Waals surface area contributed by atoms with Crippen LogP contribution in [0, 0.1) is 13.8 Å². The van der Waals surface area contributed by atoms with E-state index in [9.17, 15) is 5.11 Å². The molecule has 1 atom stereocenters. The van der Waals surface area contributed by atoms with Gasteiger partial charge < -0.3 is 15.2 Å². The van der Waals surface area contributed by atoms with Crippen molar-refractivity contribution in [2.24, 2.45) is 0 Å². The van der Waals surface area contributed by atoms with Crippen LogP contribution >= 0.6 is 0 Å². The molecule has 0 bridgehead atoms. The predicted molar refractivity (Wildman–Crippen MR) is 65.9 cm³/mol. The topological polar surface area (TPSA) is 41.5 Å². The Bertz CT molecular complexity index is 348. The number of hydrogen-bond donors (Lipinski definition) is 2. The summed E-state index contributed by atoms with van der Waals surface area (Å²) < 4.78 is 5.36. The molecule has 0 amide bonds. The fourth-order valence-corrected chi connectivity index (χ4v) is 1.77. The highest BCUT2D eigenvalue weighted by atomic mass is 16.5. The molecule has 0 fully saturated rings. The molecule has 0 saturated carbocycles. The van der Waals surface area contributed by atoms with Crippen LogP contribution in [0.2, 0.25) is 0 Å². The number of rotatable bonds is 5. The monoisotopic (exact) mass is 223 g/mol. The Labute approximate surface area is 97.4 Å². The van der Waals surface area contributed by atoms with Crippen LogP contribution in [-0.4, -0.2) is 24.9 Å². The lowest BCUT2D eigenvalue weighted by Crippen LogP contribution is -2.24. The van der Waals surface area contributed by atoms with Gasteiger partial charge in [0.2, 0.25) is 0 Å². The molecule has 0 aliphatic heterocycles. The molecule has 3 nitrogen and oxygen atoms in total. The molecule has 16 heavy (non-hydrogen) atoms. The van der Waals surface area contributed by atoms with E-state index in [4.69, 9.17) is 4.74 Å². The number of benzene rings is 1. The number of aliphatic hydroxyl groups excluding tert-OH is 1.